The second-order valence-corrected chi connectivity index (χ2v) is 8.71. The number of hydrogen-bond donors (Lipinski definition) is 2. The van der Waals surface area contributed by atoms with E-state index in [9.17, 15) is 13.2 Å². The summed E-state index contributed by atoms with van der Waals surface area (Å²) in [5, 5.41) is 3.52. The number of sulfonamides is 1. The average molecular weight is 420 g/mol. The monoisotopic (exact) mass is 420 g/mol. The van der Waals surface area contributed by atoms with Crippen molar-refractivity contribution in [1.82, 2.24) is 0 Å². The average Bonchev–Trinajstić information content (AvgIpc) is 3.13. The number of amides is 1. The predicted molar refractivity (Wildman–Crippen MR) is 117 cm³/mol. The molecule has 4 rings (SSSR count). The molecule has 1 amide bonds. The maximum absolute atomic E-state index is 12.9. The molecule has 30 heavy (non-hydrogen) atoms. The molecule has 6 nitrogen and oxygen atoms in total. The van der Waals surface area contributed by atoms with Gasteiger partial charge in [0.25, 0.3) is 15.9 Å². The van der Waals surface area contributed by atoms with E-state index >= 15 is 0 Å². The maximum atomic E-state index is 12.9. The van der Waals surface area contributed by atoms with Crippen LogP contribution in [0.25, 0.3) is 11.0 Å². The van der Waals surface area contributed by atoms with Gasteiger partial charge in [-0.2, -0.15) is 0 Å². The van der Waals surface area contributed by atoms with Gasteiger partial charge in [-0.05, 0) is 61.4 Å². The van der Waals surface area contributed by atoms with Crippen LogP contribution < -0.4 is 10.0 Å². The summed E-state index contributed by atoms with van der Waals surface area (Å²) in [6, 6.07) is 20.8. The quantitative estimate of drug-likeness (QED) is 0.470. The van der Waals surface area contributed by atoms with Crippen LogP contribution in [0.3, 0.4) is 0 Å². The molecule has 2 N–H and O–H groups in total. The third kappa shape index (κ3) is 4.06. The fraction of sp³-hybridized carbons (Fsp3) is 0.0870. The smallest absolute Gasteiger partial charge is 0.291 e. The number of benzene rings is 3. The van der Waals surface area contributed by atoms with E-state index in [1.807, 2.05) is 31.2 Å². The summed E-state index contributed by atoms with van der Waals surface area (Å²) < 4.78 is 34.0. The fourth-order valence-corrected chi connectivity index (χ4v) is 4.49. The number of hydrogen-bond acceptors (Lipinski definition) is 4. The van der Waals surface area contributed by atoms with E-state index in [-0.39, 0.29) is 10.7 Å². The van der Waals surface area contributed by atoms with E-state index in [1.54, 1.807) is 49.4 Å². The first-order valence-electron chi connectivity index (χ1n) is 9.32. The molecule has 3 aromatic carbocycles. The molecule has 0 saturated carbocycles. The number of carbonyl (C=O) groups excluding carboxylic acids is 1. The molecule has 1 heterocycles. The molecular formula is C23H20N2O4S. The largest absolute Gasteiger partial charge is 0.451 e. The number of para-hydroxylation sites is 1. The van der Waals surface area contributed by atoms with Crippen LogP contribution in [-0.4, -0.2) is 14.3 Å². The molecule has 0 aliphatic heterocycles. The number of rotatable bonds is 5. The molecular weight excluding hydrogens is 400 g/mol. The summed E-state index contributed by atoms with van der Waals surface area (Å²) in [4.78, 5) is 12.7. The summed E-state index contributed by atoms with van der Waals surface area (Å²) in [6.45, 7) is 3.59. The van der Waals surface area contributed by atoms with Gasteiger partial charge >= 0.3 is 0 Å². The Bertz CT molecular complexity index is 1320. The minimum absolute atomic E-state index is 0.0893. The highest BCUT2D eigenvalue weighted by atomic mass is 32.2. The number of nitrogens with one attached hydrogen (secondary N) is 2. The Balaban J connectivity index is 1.60. The van der Waals surface area contributed by atoms with Gasteiger partial charge in [0.1, 0.15) is 5.58 Å². The number of anilines is 2. The summed E-state index contributed by atoms with van der Waals surface area (Å²) in [5.41, 5.74) is 2.95. The van der Waals surface area contributed by atoms with Gasteiger partial charge in [0.2, 0.25) is 0 Å². The Labute approximate surface area is 174 Å². The zero-order valence-corrected chi connectivity index (χ0v) is 17.3. The van der Waals surface area contributed by atoms with Gasteiger partial charge in [0, 0.05) is 16.8 Å². The first-order chi connectivity index (χ1) is 14.3. The number of furan rings is 1. The highest BCUT2D eigenvalue weighted by molar-refractivity contribution is 7.92. The SMILES string of the molecule is Cc1cccc(NS(=O)(=O)c2cc(NC(=O)c3cc4ccccc4o3)ccc2C)c1. The zero-order valence-electron chi connectivity index (χ0n) is 16.5. The van der Waals surface area contributed by atoms with Crippen molar-refractivity contribution in [2.45, 2.75) is 18.7 Å². The highest BCUT2D eigenvalue weighted by Gasteiger charge is 2.19. The first-order valence-corrected chi connectivity index (χ1v) is 10.8. The molecule has 0 fully saturated rings. The fourth-order valence-electron chi connectivity index (χ4n) is 3.17. The summed E-state index contributed by atoms with van der Waals surface area (Å²) in [6.07, 6.45) is 0. The van der Waals surface area contributed by atoms with E-state index in [1.165, 1.54) is 6.07 Å². The highest BCUT2D eigenvalue weighted by Crippen LogP contribution is 2.25. The molecule has 0 saturated heterocycles. The van der Waals surface area contributed by atoms with Crippen LogP contribution in [0, 0.1) is 13.8 Å². The third-order valence-electron chi connectivity index (χ3n) is 4.66. The molecule has 4 aromatic rings. The molecule has 0 aliphatic carbocycles. The van der Waals surface area contributed by atoms with Crippen LogP contribution in [0.4, 0.5) is 11.4 Å². The van der Waals surface area contributed by atoms with Gasteiger partial charge in [-0.3, -0.25) is 9.52 Å². The van der Waals surface area contributed by atoms with Crippen LogP contribution in [0.15, 0.2) is 82.1 Å². The summed E-state index contributed by atoms with van der Waals surface area (Å²) in [5.74, 6) is -0.302. The lowest BCUT2D eigenvalue weighted by Crippen LogP contribution is -2.16. The van der Waals surface area contributed by atoms with E-state index in [0.29, 0.717) is 22.5 Å². The van der Waals surface area contributed by atoms with Crippen molar-refractivity contribution in [3.63, 3.8) is 0 Å². The normalized spacial score (nSPS) is 11.4. The van der Waals surface area contributed by atoms with E-state index in [0.717, 1.165) is 10.9 Å². The van der Waals surface area contributed by atoms with Crippen molar-refractivity contribution in [3.05, 3.63) is 89.7 Å². The Hall–Kier alpha value is -3.58. The van der Waals surface area contributed by atoms with E-state index < -0.39 is 15.9 Å². The van der Waals surface area contributed by atoms with E-state index in [4.69, 9.17) is 4.42 Å². The Morgan fingerprint density at radius 3 is 2.43 bits per heavy atom. The van der Waals surface area contributed by atoms with Gasteiger partial charge in [-0.25, -0.2) is 8.42 Å². The first kappa shape index (κ1) is 19.7. The van der Waals surface area contributed by atoms with Crippen LogP contribution in [0.5, 0.6) is 0 Å². The molecule has 0 spiro atoms. The van der Waals surface area contributed by atoms with Gasteiger partial charge < -0.3 is 9.73 Å². The molecule has 0 atom stereocenters. The number of carbonyl (C=O) groups is 1. The van der Waals surface area contributed by atoms with Crippen molar-refractivity contribution in [1.29, 1.82) is 0 Å². The van der Waals surface area contributed by atoms with Gasteiger partial charge in [-0.1, -0.05) is 36.4 Å². The number of fused-ring (bicyclic) bond motifs is 1. The van der Waals surface area contributed by atoms with Gasteiger partial charge in [0.05, 0.1) is 4.90 Å². The predicted octanol–water partition coefficient (Wildman–Crippen LogP) is 5.10. The molecule has 152 valence electrons. The number of aryl methyl sites for hydroxylation is 2. The van der Waals surface area contributed by atoms with Gasteiger partial charge in [0.15, 0.2) is 5.76 Å². The van der Waals surface area contributed by atoms with Crippen molar-refractivity contribution in [3.8, 4) is 0 Å². The molecule has 0 aliphatic rings. The summed E-state index contributed by atoms with van der Waals surface area (Å²) >= 11 is 0. The second kappa shape index (κ2) is 7.68. The Morgan fingerprint density at radius 1 is 0.867 bits per heavy atom. The standard InChI is InChI=1S/C23H20N2O4S/c1-15-6-5-8-19(12-15)25-30(27,28)22-14-18(11-10-16(22)2)24-23(26)21-13-17-7-3-4-9-20(17)29-21/h3-14,25H,1-2H3,(H,24,26). The second-order valence-electron chi connectivity index (χ2n) is 7.06. The maximum Gasteiger partial charge on any atom is 0.291 e. The van der Waals surface area contributed by atoms with Crippen molar-refractivity contribution >= 4 is 38.3 Å². The lowest BCUT2D eigenvalue weighted by atomic mass is 10.2. The molecule has 7 heteroatoms. The summed E-state index contributed by atoms with van der Waals surface area (Å²) in [7, 11) is -3.83. The van der Waals surface area contributed by atoms with Gasteiger partial charge in [-0.15, -0.1) is 0 Å². The van der Waals surface area contributed by atoms with Crippen molar-refractivity contribution < 1.29 is 17.6 Å². The van der Waals surface area contributed by atoms with Crippen LogP contribution in [0.2, 0.25) is 0 Å². The Morgan fingerprint density at radius 2 is 1.67 bits per heavy atom. The van der Waals surface area contributed by atoms with Crippen molar-refractivity contribution in [2.75, 3.05) is 10.0 Å². The van der Waals surface area contributed by atoms with Crippen LogP contribution in [0.1, 0.15) is 21.7 Å². The molecule has 0 bridgehead atoms. The Kier molecular flexibility index (Phi) is 5.05. The van der Waals surface area contributed by atoms with E-state index in [2.05, 4.69) is 10.0 Å². The molecule has 1 aromatic heterocycles. The van der Waals surface area contributed by atoms with Crippen LogP contribution in [-0.2, 0) is 10.0 Å². The minimum atomic E-state index is -3.83. The van der Waals surface area contributed by atoms with Crippen molar-refractivity contribution in [2.24, 2.45) is 0 Å². The molecule has 0 radical (unpaired) electrons. The lowest BCUT2D eigenvalue weighted by Gasteiger charge is -2.13. The topological polar surface area (TPSA) is 88.4 Å². The zero-order chi connectivity index (χ0) is 21.3. The third-order valence-corrected chi connectivity index (χ3v) is 6.18. The minimum Gasteiger partial charge on any atom is -0.451 e. The molecule has 0 unspecified atom stereocenters. The lowest BCUT2D eigenvalue weighted by molar-refractivity contribution is 0.0998. The van der Waals surface area contributed by atoms with Crippen LogP contribution >= 0.6 is 0 Å².